The fourth-order valence-electron chi connectivity index (χ4n) is 3.34. The van der Waals surface area contributed by atoms with Gasteiger partial charge in [0.05, 0.1) is 0 Å². The number of likely N-dealkylation sites (tertiary alicyclic amines) is 1. The standard InChI is InChI=1S/C21H19ClFN3O/c22-16-5-9-18(10-6-16)26-14-19(21(27)25-11-1-2-12-25)24-20(26)13-15-3-7-17(23)8-4-15/h3-10,14H,1-2,11-13H2. The summed E-state index contributed by atoms with van der Waals surface area (Å²) >= 11 is 6.00. The number of rotatable bonds is 4. The molecule has 27 heavy (non-hydrogen) atoms. The summed E-state index contributed by atoms with van der Waals surface area (Å²) in [7, 11) is 0. The number of benzene rings is 2. The minimum absolute atomic E-state index is 0.0411. The van der Waals surface area contributed by atoms with Crippen LogP contribution in [0.15, 0.2) is 54.7 Å². The van der Waals surface area contributed by atoms with Gasteiger partial charge in [-0.05, 0) is 54.8 Å². The van der Waals surface area contributed by atoms with Gasteiger partial charge in [-0.25, -0.2) is 9.37 Å². The van der Waals surface area contributed by atoms with Crippen LogP contribution in [-0.2, 0) is 6.42 Å². The van der Waals surface area contributed by atoms with Crippen molar-refractivity contribution in [3.05, 3.63) is 82.6 Å². The van der Waals surface area contributed by atoms with Crippen molar-refractivity contribution < 1.29 is 9.18 Å². The molecule has 0 saturated carbocycles. The highest BCUT2D eigenvalue weighted by Crippen LogP contribution is 2.20. The number of amides is 1. The average molecular weight is 384 g/mol. The largest absolute Gasteiger partial charge is 0.337 e. The number of carbonyl (C=O) groups excluding carboxylic acids is 1. The summed E-state index contributed by atoms with van der Waals surface area (Å²) < 4.78 is 15.1. The molecule has 138 valence electrons. The Hall–Kier alpha value is -2.66. The van der Waals surface area contributed by atoms with Crippen LogP contribution in [0.25, 0.3) is 5.69 Å². The van der Waals surface area contributed by atoms with Crippen molar-refractivity contribution >= 4 is 17.5 Å². The van der Waals surface area contributed by atoms with E-state index in [1.165, 1.54) is 12.1 Å². The number of halogens is 2. The van der Waals surface area contributed by atoms with E-state index in [0.717, 1.165) is 43.0 Å². The zero-order chi connectivity index (χ0) is 18.8. The molecule has 3 aromatic rings. The smallest absolute Gasteiger partial charge is 0.274 e. The van der Waals surface area contributed by atoms with Crippen molar-refractivity contribution in [2.75, 3.05) is 13.1 Å². The van der Waals surface area contributed by atoms with Crippen molar-refractivity contribution in [1.82, 2.24) is 14.5 Å². The molecular formula is C21H19ClFN3O. The van der Waals surface area contributed by atoms with Gasteiger partial charge in [0, 0.05) is 36.4 Å². The molecule has 2 heterocycles. The van der Waals surface area contributed by atoms with Crippen LogP contribution in [0.2, 0.25) is 5.02 Å². The third-order valence-corrected chi connectivity index (χ3v) is 5.02. The minimum Gasteiger partial charge on any atom is -0.337 e. The normalized spacial score (nSPS) is 13.9. The van der Waals surface area contributed by atoms with E-state index in [4.69, 9.17) is 11.6 Å². The van der Waals surface area contributed by atoms with Gasteiger partial charge in [0.25, 0.3) is 5.91 Å². The summed E-state index contributed by atoms with van der Waals surface area (Å²) in [6.07, 6.45) is 4.34. The fourth-order valence-corrected chi connectivity index (χ4v) is 3.46. The third kappa shape index (κ3) is 3.88. The van der Waals surface area contributed by atoms with Gasteiger partial charge in [0.2, 0.25) is 0 Å². The topological polar surface area (TPSA) is 38.1 Å². The van der Waals surface area contributed by atoms with Crippen molar-refractivity contribution in [2.45, 2.75) is 19.3 Å². The first-order valence-corrected chi connectivity index (χ1v) is 9.36. The Balaban J connectivity index is 1.71. The molecule has 0 unspecified atom stereocenters. The van der Waals surface area contributed by atoms with Gasteiger partial charge in [-0.2, -0.15) is 0 Å². The number of imidazole rings is 1. The van der Waals surface area contributed by atoms with Crippen LogP contribution in [0.3, 0.4) is 0 Å². The lowest BCUT2D eigenvalue weighted by atomic mass is 10.1. The molecule has 0 radical (unpaired) electrons. The molecule has 1 amide bonds. The lowest BCUT2D eigenvalue weighted by molar-refractivity contribution is 0.0787. The van der Waals surface area contributed by atoms with E-state index in [9.17, 15) is 9.18 Å². The van der Waals surface area contributed by atoms with Crippen LogP contribution < -0.4 is 0 Å². The van der Waals surface area contributed by atoms with E-state index in [2.05, 4.69) is 4.98 Å². The second-order valence-electron chi connectivity index (χ2n) is 6.69. The molecule has 1 aliphatic rings. The zero-order valence-electron chi connectivity index (χ0n) is 14.7. The fraction of sp³-hybridized carbons (Fsp3) is 0.238. The molecule has 2 aromatic carbocycles. The van der Waals surface area contributed by atoms with Crippen LogP contribution in [0, 0.1) is 5.82 Å². The molecule has 4 rings (SSSR count). The summed E-state index contributed by atoms with van der Waals surface area (Å²) in [6.45, 7) is 1.56. The highest BCUT2D eigenvalue weighted by atomic mass is 35.5. The molecular weight excluding hydrogens is 365 g/mol. The molecule has 0 atom stereocenters. The summed E-state index contributed by atoms with van der Waals surface area (Å²) in [4.78, 5) is 19.2. The number of nitrogens with zero attached hydrogens (tertiary/aromatic N) is 3. The molecule has 4 nitrogen and oxygen atoms in total. The SMILES string of the molecule is O=C(c1cn(-c2ccc(Cl)cc2)c(Cc2ccc(F)cc2)n1)N1CCCC1. The first-order valence-electron chi connectivity index (χ1n) is 8.98. The summed E-state index contributed by atoms with van der Waals surface area (Å²) in [5.41, 5.74) is 2.24. The van der Waals surface area contributed by atoms with Gasteiger partial charge >= 0.3 is 0 Å². The number of carbonyl (C=O) groups is 1. The zero-order valence-corrected chi connectivity index (χ0v) is 15.5. The van der Waals surface area contributed by atoms with Gasteiger partial charge in [-0.3, -0.25) is 4.79 Å². The van der Waals surface area contributed by atoms with Crippen molar-refractivity contribution in [3.63, 3.8) is 0 Å². The summed E-state index contributed by atoms with van der Waals surface area (Å²) in [5, 5.41) is 0.646. The maximum atomic E-state index is 13.2. The molecule has 0 aliphatic carbocycles. The molecule has 6 heteroatoms. The van der Waals surface area contributed by atoms with Crippen LogP contribution in [-0.4, -0.2) is 33.4 Å². The highest BCUT2D eigenvalue weighted by molar-refractivity contribution is 6.30. The van der Waals surface area contributed by atoms with E-state index in [0.29, 0.717) is 17.1 Å². The lowest BCUT2D eigenvalue weighted by Crippen LogP contribution is -2.27. The van der Waals surface area contributed by atoms with Crippen LogP contribution in [0.1, 0.15) is 34.7 Å². The van der Waals surface area contributed by atoms with Gasteiger partial charge in [0.1, 0.15) is 17.3 Å². The van der Waals surface area contributed by atoms with Gasteiger partial charge in [0.15, 0.2) is 0 Å². The van der Waals surface area contributed by atoms with Crippen molar-refractivity contribution in [3.8, 4) is 5.69 Å². The van der Waals surface area contributed by atoms with Crippen LogP contribution in [0.4, 0.5) is 4.39 Å². The maximum Gasteiger partial charge on any atom is 0.274 e. The average Bonchev–Trinajstić information content (AvgIpc) is 3.34. The van der Waals surface area contributed by atoms with Gasteiger partial charge in [-0.15, -0.1) is 0 Å². The van der Waals surface area contributed by atoms with Crippen molar-refractivity contribution in [2.24, 2.45) is 0 Å². The summed E-state index contributed by atoms with van der Waals surface area (Å²) in [5.74, 6) is 0.414. The molecule has 1 aliphatic heterocycles. The Bertz CT molecular complexity index is 945. The lowest BCUT2D eigenvalue weighted by Gasteiger charge is -2.12. The number of aromatic nitrogens is 2. The van der Waals surface area contributed by atoms with E-state index < -0.39 is 0 Å². The Kier molecular flexibility index (Phi) is 4.94. The Morgan fingerprint density at radius 2 is 1.70 bits per heavy atom. The first kappa shape index (κ1) is 17.7. The maximum absolute atomic E-state index is 13.2. The predicted molar refractivity (Wildman–Crippen MR) is 103 cm³/mol. The molecule has 0 N–H and O–H groups in total. The first-order chi connectivity index (χ1) is 13.1. The van der Waals surface area contributed by atoms with Gasteiger partial charge < -0.3 is 9.47 Å². The second kappa shape index (κ2) is 7.53. The second-order valence-corrected chi connectivity index (χ2v) is 7.13. The van der Waals surface area contributed by atoms with Gasteiger partial charge in [-0.1, -0.05) is 23.7 Å². The summed E-state index contributed by atoms with van der Waals surface area (Å²) in [6, 6.07) is 13.7. The molecule has 1 fully saturated rings. The van der Waals surface area contributed by atoms with Crippen LogP contribution in [0.5, 0.6) is 0 Å². The third-order valence-electron chi connectivity index (χ3n) is 4.77. The Morgan fingerprint density at radius 1 is 1.04 bits per heavy atom. The van der Waals surface area contributed by atoms with E-state index >= 15 is 0 Å². The predicted octanol–water partition coefficient (Wildman–Crippen LogP) is 4.49. The number of hydrogen-bond acceptors (Lipinski definition) is 2. The molecule has 1 saturated heterocycles. The van der Waals surface area contributed by atoms with E-state index in [1.807, 2.05) is 21.6 Å². The number of hydrogen-bond donors (Lipinski definition) is 0. The van der Waals surface area contributed by atoms with Crippen molar-refractivity contribution in [1.29, 1.82) is 0 Å². The minimum atomic E-state index is -0.273. The Labute approximate surface area is 162 Å². The van der Waals surface area contributed by atoms with E-state index in [-0.39, 0.29) is 11.7 Å². The monoisotopic (exact) mass is 383 g/mol. The Morgan fingerprint density at radius 3 is 2.37 bits per heavy atom. The molecule has 1 aromatic heterocycles. The van der Waals surface area contributed by atoms with Crippen LogP contribution >= 0.6 is 11.6 Å². The highest BCUT2D eigenvalue weighted by Gasteiger charge is 2.23. The molecule has 0 spiro atoms. The molecule has 0 bridgehead atoms. The quantitative estimate of drug-likeness (QED) is 0.665. The van der Waals surface area contributed by atoms with E-state index in [1.54, 1.807) is 30.5 Å².